The first-order valence-electron chi connectivity index (χ1n) is 6.20. The summed E-state index contributed by atoms with van der Waals surface area (Å²) in [5.74, 6) is -1.99. The molecule has 0 aliphatic carbocycles. The summed E-state index contributed by atoms with van der Waals surface area (Å²) in [6, 6.07) is 5.69. The van der Waals surface area contributed by atoms with Crippen LogP contribution in [0.1, 0.15) is 12.5 Å². The van der Waals surface area contributed by atoms with Gasteiger partial charge in [0, 0.05) is 13.1 Å². The van der Waals surface area contributed by atoms with Gasteiger partial charge in [0.15, 0.2) is 0 Å². The summed E-state index contributed by atoms with van der Waals surface area (Å²) in [5.41, 5.74) is 0.0692. The third-order valence-corrected chi connectivity index (χ3v) is 5.75. The first kappa shape index (κ1) is 15.8. The molecule has 0 radical (unpaired) electrons. The molecule has 21 heavy (non-hydrogen) atoms. The van der Waals surface area contributed by atoms with Crippen molar-refractivity contribution < 1.29 is 18.3 Å². The van der Waals surface area contributed by atoms with E-state index in [4.69, 9.17) is 22.0 Å². The summed E-state index contributed by atoms with van der Waals surface area (Å²) in [6.07, 6.45) is 0. The van der Waals surface area contributed by atoms with Gasteiger partial charge < -0.3 is 5.11 Å². The van der Waals surface area contributed by atoms with E-state index in [2.05, 4.69) is 0 Å². The van der Waals surface area contributed by atoms with Crippen molar-refractivity contribution in [3.05, 3.63) is 28.8 Å². The molecule has 112 valence electrons. The molecule has 1 aliphatic heterocycles. The van der Waals surface area contributed by atoms with Crippen LogP contribution >= 0.6 is 11.6 Å². The largest absolute Gasteiger partial charge is 0.481 e. The second kappa shape index (κ2) is 5.64. The monoisotopic (exact) mass is 328 g/mol. The van der Waals surface area contributed by atoms with Crippen LogP contribution in [0.5, 0.6) is 0 Å². The van der Waals surface area contributed by atoms with Crippen LogP contribution in [0, 0.1) is 23.2 Å². The maximum atomic E-state index is 12.5. The van der Waals surface area contributed by atoms with Gasteiger partial charge in [0.05, 0.1) is 21.4 Å². The second-order valence-electron chi connectivity index (χ2n) is 5.00. The van der Waals surface area contributed by atoms with Crippen LogP contribution in [-0.4, -0.2) is 36.9 Å². The summed E-state index contributed by atoms with van der Waals surface area (Å²) in [6.45, 7) is 1.78. The molecule has 1 saturated heterocycles. The van der Waals surface area contributed by atoms with Gasteiger partial charge >= 0.3 is 5.97 Å². The Kier molecular flexibility index (Phi) is 4.23. The average molecular weight is 329 g/mol. The van der Waals surface area contributed by atoms with Crippen LogP contribution in [0.3, 0.4) is 0 Å². The Morgan fingerprint density at radius 3 is 2.67 bits per heavy atom. The lowest BCUT2D eigenvalue weighted by atomic mass is 9.99. The number of carboxylic acid groups (broad SMARTS) is 1. The Balaban J connectivity index is 2.36. The molecule has 2 atom stereocenters. The number of carbonyl (C=O) groups is 1. The molecule has 0 spiro atoms. The molecule has 1 fully saturated rings. The van der Waals surface area contributed by atoms with Gasteiger partial charge in [0.1, 0.15) is 6.07 Å². The number of aliphatic carboxylic acids is 1. The fourth-order valence-corrected chi connectivity index (χ4v) is 4.09. The fraction of sp³-hybridized carbons (Fsp3) is 0.385. The molecule has 0 saturated carbocycles. The van der Waals surface area contributed by atoms with E-state index in [1.54, 1.807) is 6.92 Å². The molecular weight excluding hydrogens is 316 g/mol. The van der Waals surface area contributed by atoms with Gasteiger partial charge in [-0.15, -0.1) is 0 Å². The van der Waals surface area contributed by atoms with Crippen LogP contribution in [-0.2, 0) is 14.8 Å². The van der Waals surface area contributed by atoms with E-state index in [-0.39, 0.29) is 34.5 Å². The molecule has 6 nitrogen and oxygen atoms in total. The number of hydrogen-bond acceptors (Lipinski definition) is 4. The van der Waals surface area contributed by atoms with Gasteiger partial charge in [0.25, 0.3) is 0 Å². The van der Waals surface area contributed by atoms with E-state index in [1.807, 2.05) is 6.07 Å². The molecule has 1 aromatic rings. The number of benzene rings is 1. The van der Waals surface area contributed by atoms with Gasteiger partial charge in [-0.1, -0.05) is 18.5 Å². The van der Waals surface area contributed by atoms with Gasteiger partial charge in [-0.3, -0.25) is 4.79 Å². The predicted octanol–water partition coefficient (Wildman–Crippen LogP) is 1.55. The van der Waals surface area contributed by atoms with Crippen LogP contribution in [0.15, 0.2) is 23.1 Å². The van der Waals surface area contributed by atoms with Crippen molar-refractivity contribution in [3.63, 3.8) is 0 Å². The molecule has 2 rings (SSSR count). The molecular formula is C13H13ClN2O4S. The van der Waals surface area contributed by atoms with Crippen molar-refractivity contribution in [2.24, 2.45) is 11.8 Å². The summed E-state index contributed by atoms with van der Waals surface area (Å²) < 4.78 is 26.2. The van der Waals surface area contributed by atoms with E-state index >= 15 is 0 Å². The van der Waals surface area contributed by atoms with E-state index < -0.39 is 21.9 Å². The Bertz CT molecular complexity index is 726. The minimum atomic E-state index is -3.83. The van der Waals surface area contributed by atoms with Gasteiger partial charge in [0.2, 0.25) is 10.0 Å². The van der Waals surface area contributed by atoms with Gasteiger partial charge in [-0.05, 0) is 24.1 Å². The van der Waals surface area contributed by atoms with Crippen molar-refractivity contribution in [2.75, 3.05) is 13.1 Å². The number of hydrogen-bond donors (Lipinski definition) is 1. The third kappa shape index (κ3) is 2.88. The quantitative estimate of drug-likeness (QED) is 0.907. The SMILES string of the molecule is C[C@@H]1CN(S(=O)(=O)c2ccc(Cl)c(C#N)c2)C[C@H]1C(=O)O. The molecule has 0 bridgehead atoms. The molecule has 0 amide bonds. The van der Waals surface area contributed by atoms with Gasteiger partial charge in [-0.25, -0.2) is 8.42 Å². The Labute approximate surface area is 127 Å². The summed E-state index contributed by atoms with van der Waals surface area (Å²) in [4.78, 5) is 11.0. The lowest BCUT2D eigenvalue weighted by Gasteiger charge is -2.16. The topological polar surface area (TPSA) is 98.5 Å². The fourth-order valence-electron chi connectivity index (χ4n) is 2.34. The normalized spacial score (nSPS) is 22.9. The van der Waals surface area contributed by atoms with E-state index in [1.165, 1.54) is 18.2 Å². The minimum absolute atomic E-state index is 0.0540. The molecule has 0 unspecified atom stereocenters. The van der Waals surface area contributed by atoms with Crippen molar-refractivity contribution >= 4 is 27.6 Å². The highest BCUT2D eigenvalue weighted by molar-refractivity contribution is 7.89. The summed E-state index contributed by atoms with van der Waals surface area (Å²) in [7, 11) is -3.83. The molecule has 1 N–H and O–H groups in total. The number of sulfonamides is 1. The minimum Gasteiger partial charge on any atom is -0.481 e. The van der Waals surface area contributed by atoms with E-state index in [9.17, 15) is 13.2 Å². The summed E-state index contributed by atoms with van der Waals surface area (Å²) >= 11 is 5.79. The Morgan fingerprint density at radius 2 is 2.14 bits per heavy atom. The Morgan fingerprint density at radius 1 is 1.48 bits per heavy atom. The maximum Gasteiger partial charge on any atom is 0.308 e. The first-order valence-corrected chi connectivity index (χ1v) is 8.01. The third-order valence-electron chi connectivity index (χ3n) is 3.59. The standard InChI is InChI=1S/C13H13ClN2O4S/c1-8-6-16(7-11(8)13(17)18)21(19,20)10-2-3-12(14)9(4-10)5-15/h2-4,8,11H,6-7H2,1H3,(H,17,18)/t8-,11-/m1/s1. The molecule has 1 aromatic carbocycles. The zero-order valence-corrected chi connectivity index (χ0v) is 12.7. The smallest absolute Gasteiger partial charge is 0.308 e. The van der Waals surface area contributed by atoms with Crippen LogP contribution < -0.4 is 0 Å². The van der Waals surface area contributed by atoms with Crippen LogP contribution in [0.2, 0.25) is 5.02 Å². The highest BCUT2D eigenvalue weighted by atomic mass is 35.5. The lowest BCUT2D eigenvalue weighted by molar-refractivity contribution is -0.142. The molecule has 8 heteroatoms. The highest BCUT2D eigenvalue weighted by Crippen LogP contribution is 2.30. The maximum absolute atomic E-state index is 12.5. The van der Waals surface area contributed by atoms with E-state index in [0.717, 1.165) is 4.31 Å². The zero-order valence-electron chi connectivity index (χ0n) is 11.2. The van der Waals surface area contributed by atoms with Crippen molar-refractivity contribution in [1.29, 1.82) is 5.26 Å². The van der Waals surface area contributed by atoms with Crippen LogP contribution in [0.25, 0.3) is 0 Å². The van der Waals surface area contributed by atoms with E-state index in [0.29, 0.717) is 0 Å². The first-order chi connectivity index (χ1) is 9.77. The molecule has 1 heterocycles. The summed E-state index contributed by atoms with van der Waals surface area (Å²) in [5, 5.41) is 18.2. The lowest BCUT2D eigenvalue weighted by Crippen LogP contribution is -2.30. The number of nitrogens with zero attached hydrogens (tertiary/aromatic N) is 2. The molecule has 1 aliphatic rings. The predicted molar refractivity (Wildman–Crippen MR) is 75.2 cm³/mol. The Hall–Kier alpha value is -1.62. The average Bonchev–Trinajstić information content (AvgIpc) is 2.82. The number of carboxylic acids is 1. The van der Waals surface area contributed by atoms with Crippen molar-refractivity contribution in [3.8, 4) is 6.07 Å². The number of halogens is 1. The van der Waals surface area contributed by atoms with Crippen molar-refractivity contribution in [1.82, 2.24) is 4.31 Å². The van der Waals surface area contributed by atoms with Crippen LogP contribution in [0.4, 0.5) is 0 Å². The number of rotatable bonds is 3. The highest BCUT2D eigenvalue weighted by Gasteiger charge is 2.40. The number of nitriles is 1. The zero-order chi connectivity index (χ0) is 15.8. The second-order valence-corrected chi connectivity index (χ2v) is 7.34. The van der Waals surface area contributed by atoms with Crippen molar-refractivity contribution in [2.45, 2.75) is 11.8 Å². The van der Waals surface area contributed by atoms with Gasteiger partial charge in [-0.2, -0.15) is 9.57 Å². The molecule has 0 aromatic heterocycles.